The number of carboxylic acids is 1. The molecule has 1 saturated carbocycles. The van der Waals surface area contributed by atoms with Gasteiger partial charge in [0.2, 0.25) is 0 Å². The standard InChI is InChI=1S/C30H36ClNO3S/c1-19-15-23-26(35-18-21-7-5-4-6-8-21)14-13-24-27(23)28(36-19)25(16-30(2,3)29(33)34)32(24)17-20-9-11-22(31)12-10-20/h9-14,19,21H,4-8,15-18H2,1-3H3,(H,33,34). The minimum atomic E-state index is -0.871. The summed E-state index contributed by atoms with van der Waals surface area (Å²) in [5.74, 6) is 0.885. The monoisotopic (exact) mass is 525 g/mol. The van der Waals surface area contributed by atoms with Crippen LogP contribution in [0.4, 0.5) is 0 Å². The third kappa shape index (κ3) is 5.15. The first-order valence-electron chi connectivity index (χ1n) is 13.2. The third-order valence-electron chi connectivity index (χ3n) is 7.81. The molecule has 1 aromatic heterocycles. The van der Waals surface area contributed by atoms with Gasteiger partial charge >= 0.3 is 5.97 Å². The zero-order valence-corrected chi connectivity index (χ0v) is 23.1. The molecule has 192 valence electrons. The molecule has 0 bridgehead atoms. The second-order valence-electron chi connectivity index (χ2n) is 11.2. The van der Waals surface area contributed by atoms with Gasteiger partial charge in [0.15, 0.2) is 0 Å². The summed E-state index contributed by atoms with van der Waals surface area (Å²) in [6.07, 6.45) is 7.94. The van der Waals surface area contributed by atoms with Gasteiger partial charge in [0.1, 0.15) is 5.75 Å². The summed E-state index contributed by atoms with van der Waals surface area (Å²) >= 11 is 8.03. The van der Waals surface area contributed by atoms with Gasteiger partial charge in [-0.15, -0.1) is 11.8 Å². The zero-order valence-electron chi connectivity index (χ0n) is 21.5. The number of hydrogen-bond acceptors (Lipinski definition) is 3. The van der Waals surface area contributed by atoms with Crippen LogP contribution in [-0.2, 0) is 24.2 Å². The van der Waals surface area contributed by atoms with E-state index < -0.39 is 11.4 Å². The van der Waals surface area contributed by atoms with Crippen molar-refractivity contribution in [3.05, 3.63) is 58.2 Å². The van der Waals surface area contributed by atoms with Crippen molar-refractivity contribution in [1.29, 1.82) is 0 Å². The van der Waals surface area contributed by atoms with Crippen LogP contribution in [0, 0.1) is 11.3 Å². The summed E-state index contributed by atoms with van der Waals surface area (Å²) in [6.45, 7) is 7.38. The zero-order chi connectivity index (χ0) is 25.4. The largest absolute Gasteiger partial charge is 0.493 e. The molecule has 36 heavy (non-hydrogen) atoms. The van der Waals surface area contributed by atoms with E-state index in [0.717, 1.165) is 35.6 Å². The highest BCUT2D eigenvalue weighted by atomic mass is 35.5. The molecule has 1 fully saturated rings. The molecule has 1 atom stereocenters. The first-order chi connectivity index (χ1) is 17.2. The van der Waals surface area contributed by atoms with Gasteiger partial charge in [0.05, 0.1) is 17.5 Å². The lowest BCUT2D eigenvalue weighted by Crippen LogP contribution is -2.28. The normalized spacial score (nSPS) is 18.5. The van der Waals surface area contributed by atoms with Crippen LogP contribution in [0.15, 0.2) is 41.3 Å². The second kappa shape index (κ2) is 10.3. The number of aromatic nitrogens is 1. The molecule has 1 aliphatic heterocycles. The molecular weight excluding hydrogens is 490 g/mol. The van der Waals surface area contributed by atoms with E-state index in [4.69, 9.17) is 16.3 Å². The van der Waals surface area contributed by atoms with Crippen LogP contribution in [0.5, 0.6) is 5.75 Å². The Morgan fingerprint density at radius 1 is 1.14 bits per heavy atom. The van der Waals surface area contributed by atoms with E-state index in [9.17, 15) is 9.90 Å². The minimum Gasteiger partial charge on any atom is -0.493 e. The Labute approximate surface area is 223 Å². The molecule has 2 heterocycles. The molecular formula is C30H36ClNO3S. The maximum Gasteiger partial charge on any atom is 0.309 e. The third-order valence-corrected chi connectivity index (χ3v) is 9.30. The summed E-state index contributed by atoms with van der Waals surface area (Å²) in [5.41, 5.74) is 3.83. The molecule has 1 N–H and O–H groups in total. The number of halogens is 1. The van der Waals surface area contributed by atoms with Gasteiger partial charge in [-0.05, 0) is 68.9 Å². The van der Waals surface area contributed by atoms with Gasteiger partial charge in [-0.1, -0.05) is 49.9 Å². The van der Waals surface area contributed by atoms with Gasteiger partial charge < -0.3 is 14.4 Å². The molecule has 6 heteroatoms. The lowest BCUT2D eigenvalue weighted by molar-refractivity contribution is -0.146. The molecule has 3 aromatic rings. The average molecular weight is 526 g/mol. The van der Waals surface area contributed by atoms with Crippen molar-refractivity contribution in [3.63, 3.8) is 0 Å². The Morgan fingerprint density at radius 2 is 1.86 bits per heavy atom. The van der Waals surface area contributed by atoms with E-state index in [1.807, 2.05) is 37.7 Å². The Hall–Kier alpha value is -2.11. The molecule has 2 aromatic carbocycles. The summed E-state index contributed by atoms with van der Waals surface area (Å²) in [7, 11) is 0. The van der Waals surface area contributed by atoms with Crippen LogP contribution in [0.3, 0.4) is 0 Å². The topological polar surface area (TPSA) is 51.5 Å². The Morgan fingerprint density at radius 3 is 2.56 bits per heavy atom. The summed E-state index contributed by atoms with van der Waals surface area (Å²) in [4.78, 5) is 13.4. The molecule has 1 unspecified atom stereocenters. The SMILES string of the molecule is CC1Cc2c(OCC3CCCCC3)ccc3c2c(c(CC(C)(C)C(=O)O)n3Cc2ccc(Cl)cc2)S1. The minimum absolute atomic E-state index is 0.401. The van der Waals surface area contributed by atoms with Gasteiger partial charge in [-0.3, -0.25) is 4.79 Å². The highest BCUT2D eigenvalue weighted by Gasteiger charge is 2.34. The highest BCUT2D eigenvalue weighted by molar-refractivity contribution is 8.00. The Bertz CT molecular complexity index is 1260. The fourth-order valence-corrected chi connectivity index (χ4v) is 7.13. The fraction of sp³-hybridized carbons (Fsp3) is 0.500. The van der Waals surface area contributed by atoms with Gasteiger partial charge in [-0.2, -0.15) is 0 Å². The van der Waals surface area contributed by atoms with Crippen molar-refractivity contribution in [2.45, 2.75) is 82.4 Å². The maximum atomic E-state index is 12.1. The number of hydrogen-bond donors (Lipinski definition) is 1. The molecule has 0 amide bonds. The van der Waals surface area contributed by atoms with Gasteiger partial charge in [0.25, 0.3) is 0 Å². The van der Waals surface area contributed by atoms with Gasteiger partial charge in [0, 0.05) is 44.8 Å². The number of ether oxygens (including phenoxy) is 1. The highest BCUT2D eigenvalue weighted by Crippen LogP contribution is 2.48. The van der Waals surface area contributed by atoms with Crippen LogP contribution < -0.4 is 4.74 Å². The summed E-state index contributed by atoms with van der Waals surface area (Å²) < 4.78 is 8.84. The van der Waals surface area contributed by atoms with Gasteiger partial charge in [-0.25, -0.2) is 0 Å². The predicted octanol–water partition coefficient (Wildman–Crippen LogP) is 7.99. The molecule has 0 radical (unpaired) electrons. The smallest absolute Gasteiger partial charge is 0.309 e. The molecule has 4 nitrogen and oxygen atoms in total. The molecule has 2 aliphatic rings. The summed E-state index contributed by atoms with van der Waals surface area (Å²) in [5, 5.41) is 12.3. The van der Waals surface area contributed by atoms with Crippen LogP contribution in [0.2, 0.25) is 5.02 Å². The number of rotatable bonds is 8. The second-order valence-corrected chi connectivity index (χ2v) is 13.1. The molecule has 0 spiro atoms. The summed E-state index contributed by atoms with van der Waals surface area (Å²) in [6, 6.07) is 12.3. The number of benzene rings is 2. The van der Waals surface area contributed by atoms with Crippen LogP contribution >= 0.6 is 23.4 Å². The van der Waals surface area contributed by atoms with Crippen LogP contribution in [-0.4, -0.2) is 27.5 Å². The quantitative estimate of drug-likeness (QED) is 0.323. The van der Waals surface area contributed by atoms with Crippen LogP contribution in [0.25, 0.3) is 10.9 Å². The van der Waals surface area contributed by atoms with E-state index >= 15 is 0 Å². The number of carboxylic acid groups (broad SMARTS) is 1. The lowest BCUT2D eigenvalue weighted by atomic mass is 9.87. The first-order valence-corrected chi connectivity index (χ1v) is 14.4. The molecule has 1 aliphatic carbocycles. The van der Waals surface area contributed by atoms with E-state index in [1.54, 1.807) is 0 Å². The number of thioether (sulfide) groups is 1. The van der Waals surface area contributed by atoms with Crippen molar-refractivity contribution in [1.82, 2.24) is 4.57 Å². The van der Waals surface area contributed by atoms with E-state index in [-0.39, 0.29) is 0 Å². The van der Waals surface area contributed by atoms with Crippen LogP contribution in [0.1, 0.15) is 69.7 Å². The predicted molar refractivity (Wildman–Crippen MR) is 149 cm³/mol. The molecule has 5 rings (SSSR count). The Kier molecular flexibility index (Phi) is 7.33. The van der Waals surface area contributed by atoms with E-state index in [1.165, 1.54) is 47.9 Å². The van der Waals surface area contributed by atoms with E-state index in [0.29, 0.717) is 29.2 Å². The van der Waals surface area contributed by atoms with Crippen molar-refractivity contribution < 1.29 is 14.6 Å². The van der Waals surface area contributed by atoms with Crippen molar-refractivity contribution in [2.75, 3.05) is 6.61 Å². The van der Waals surface area contributed by atoms with E-state index in [2.05, 4.69) is 35.8 Å². The number of carbonyl (C=O) groups is 1. The van der Waals surface area contributed by atoms with Crippen molar-refractivity contribution >= 4 is 40.2 Å². The lowest BCUT2D eigenvalue weighted by Gasteiger charge is -2.25. The van der Waals surface area contributed by atoms with Crippen molar-refractivity contribution in [3.8, 4) is 5.75 Å². The maximum absolute atomic E-state index is 12.1. The number of nitrogens with zero attached hydrogens (tertiary/aromatic N) is 1. The first kappa shape index (κ1) is 25.5. The fourth-order valence-electron chi connectivity index (χ4n) is 5.69. The Balaban J connectivity index is 1.60. The van der Waals surface area contributed by atoms with Crippen molar-refractivity contribution in [2.24, 2.45) is 11.3 Å². The number of aliphatic carboxylic acids is 1. The molecule has 0 saturated heterocycles. The average Bonchev–Trinajstić information content (AvgIpc) is 3.13.